The molecule has 1 unspecified atom stereocenters. The lowest BCUT2D eigenvalue weighted by molar-refractivity contribution is -0.385. The molecule has 0 aromatic carbocycles. The van der Waals surface area contributed by atoms with E-state index in [1.54, 1.807) is 6.92 Å². The van der Waals surface area contributed by atoms with E-state index in [0.717, 1.165) is 0 Å². The average molecular weight is 315 g/mol. The zero-order valence-electron chi connectivity index (χ0n) is 11.8. The normalized spacial score (nSPS) is 11.6. The molecule has 1 atom stereocenters. The largest absolute Gasteiger partial charge is 0.359 e. The lowest BCUT2D eigenvalue weighted by Gasteiger charge is -2.20. The first-order valence-corrected chi connectivity index (χ1v) is 6.43. The van der Waals surface area contributed by atoms with Crippen LogP contribution in [0.2, 0.25) is 5.15 Å². The van der Waals surface area contributed by atoms with Gasteiger partial charge in [-0.25, -0.2) is 4.98 Å². The zero-order valence-corrected chi connectivity index (χ0v) is 12.5. The summed E-state index contributed by atoms with van der Waals surface area (Å²) >= 11 is 5.66. The van der Waals surface area contributed by atoms with E-state index >= 15 is 0 Å². The molecule has 1 aromatic rings. The number of aromatic nitrogens is 1. The minimum atomic E-state index is -0.751. The van der Waals surface area contributed by atoms with Crippen LogP contribution in [0.1, 0.15) is 17.3 Å². The van der Waals surface area contributed by atoms with Crippen molar-refractivity contribution >= 4 is 29.1 Å². The molecule has 1 heterocycles. The van der Waals surface area contributed by atoms with Gasteiger partial charge in [0.15, 0.2) is 0 Å². The summed E-state index contributed by atoms with van der Waals surface area (Å²) in [7, 11) is 2.95. The molecular weight excluding hydrogens is 300 g/mol. The van der Waals surface area contributed by atoms with E-state index in [0.29, 0.717) is 0 Å². The second-order valence-corrected chi connectivity index (χ2v) is 4.81. The number of hydrogen-bond acceptors (Lipinski definition) is 5. The minimum Gasteiger partial charge on any atom is -0.359 e. The number of nitro groups is 1. The Kier molecular flexibility index (Phi) is 5.60. The highest BCUT2D eigenvalue weighted by molar-refractivity contribution is 6.32. The predicted molar refractivity (Wildman–Crippen MR) is 76.1 cm³/mol. The number of carbonyl (C=O) groups is 2. The van der Waals surface area contributed by atoms with Crippen molar-refractivity contribution in [2.75, 3.05) is 20.6 Å². The molecule has 21 heavy (non-hydrogen) atoms. The predicted octanol–water partition coefficient (Wildman–Crippen LogP) is 1.10. The third-order valence-electron chi connectivity index (χ3n) is 2.88. The van der Waals surface area contributed by atoms with E-state index in [2.05, 4.69) is 10.3 Å². The van der Waals surface area contributed by atoms with Crippen LogP contribution in [0, 0.1) is 16.0 Å². The minimum absolute atomic E-state index is 0.121. The van der Waals surface area contributed by atoms with Crippen LogP contribution in [-0.4, -0.2) is 47.3 Å². The van der Waals surface area contributed by atoms with Crippen molar-refractivity contribution in [1.29, 1.82) is 0 Å². The van der Waals surface area contributed by atoms with Crippen molar-refractivity contribution in [3.8, 4) is 0 Å². The van der Waals surface area contributed by atoms with Gasteiger partial charge >= 0.3 is 5.69 Å². The second kappa shape index (κ2) is 6.98. The highest BCUT2D eigenvalue weighted by atomic mass is 35.5. The molecule has 114 valence electrons. The van der Waals surface area contributed by atoms with Gasteiger partial charge in [0.2, 0.25) is 11.1 Å². The fourth-order valence-electron chi connectivity index (χ4n) is 1.80. The third-order valence-corrected chi connectivity index (χ3v) is 3.16. The van der Waals surface area contributed by atoms with Crippen LogP contribution >= 0.6 is 11.6 Å². The van der Waals surface area contributed by atoms with E-state index in [4.69, 9.17) is 11.6 Å². The Labute approximate surface area is 126 Å². The van der Waals surface area contributed by atoms with E-state index in [9.17, 15) is 19.7 Å². The van der Waals surface area contributed by atoms with Gasteiger partial charge in [-0.15, -0.1) is 0 Å². The molecule has 0 fully saturated rings. The van der Waals surface area contributed by atoms with Gasteiger partial charge in [0.25, 0.3) is 5.91 Å². The van der Waals surface area contributed by atoms with Gasteiger partial charge in [-0.1, -0.05) is 18.5 Å². The second-order valence-electron chi connectivity index (χ2n) is 4.46. The molecule has 8 nitrogen and oxygen atoms in total. The van der Waals surface area contributed by atoms with Gasteiger partial charge in [-0.3, -0.25) is 19.7 Å². The van der Waals surface area contributed by atoms with Crippen molar-refractivity contribution in [3.05, 3.63) is 33.1 Å². The molecular formula is C12H15ClN4O4. The lowest BCUT2D eigenvalue weighted by Crippen LogP contribution is -2.37. The van der Waals surface area contributed by atoms with Crippen molar-refractivity contribution in [2.45, 2.75) is 6.92 Å². The molecule has 0 aliphatic rings. The van der Waals surface area contributed by atoms with E-state index < -0.39 is 22.4 Å². The van der Waals surface area contributed by atoms with Gasteiger partial charge < -0.3 is 10.2 Å². The first-order valence-electron chi connectivity index (χ1n) is 6.05. The van der Waals surface area contributed by atoms with Crippen LogP contribution < -0.4 is 5.32 Å². The number of hydrogen-bond donors (Lipinski definition) is 1. The Morgan fingerprint density at radius 3 is 2.71 bits per heavy atom. The van der Waals surface area contributed by atoms with Crippen LogP contribution in [0.15, 0.2) is 12.3 Å². The zero-order chi connectivity index (χ0) is 16.2. The third kappa shape index (κ3) is 3.88. The molecule has 0 radical (unpaired) electrons. The molecule has 1 rings (SSSR count). The number of rotatable bonds is 5. The Balaban J connectivity index is 3.01. The Morgan fingerprint density at radius 2 is 2.19 bits per heavy atom. The molecule has 9 heteroatoms. The van der Waals surface area contributed by atoms with Crippen LogP contribution in [0.5, 0.6) is 0 Å². The van der Waals surface area contributed by atoms with Crippen molar-refractivity contribution in [2.24, 2.45) is 5.92 Å². The number of halogens is 1. The van der Waals surface area contributed by atoms with Crippen LogP contribution in [0.3, 0.4) is 0 Å². The van der Waals surface area contributed by atoms with E-state index in [-0.39, 0.29) is 23.2 Å². The summed E-state index contributed by atoms with van der Waals surface area (Å²) in [6.07, 6.45) is 1.22. The van der Waals surface area contributed by atoms with Gasteiger partial charge in [0.1, 0.15) is 5.56 Å². The molecule has 0 saturated heterocycles. The Hall–Kier alpha value is -2.22. The van der Waals surface area contributed by atoms with E-state index in [1.807, 2.05) is 0 Å². The quantitative estimate of drug-likeness (QED) is 0.497. The maximum atomic E-state index is 12.3. The monoisotopic (exact) mass is 314 g/mol. The molecule has 0 bridgehead atoms. The number of amides is 2. The Morgan fingerprint density at radius 1 is 1.57 bits per heavy atom. The fourth-order valence-corrected chi connectivity index (χ4v) is 2.03. The van der Waals surface area contributed by atoms with Crippen LogP contribution in [-0.2, 0) is 4.79 Å². The summed E-state index contributed by atoms with van der Waals surface area (Å²) in [5.74, 6) is -1.26. The molecule has 0 saturated carbocycles. The van der Waals surface area contributed by atoms with Gasteiger partial charge in [-0.05, 0) is 6.07 Å². The smallest absolute Gasteiger partial charge is 0.319 e. The molecule has 1 aromatic heterocycles. The average Bonchev–Trinajstić information content (AvgIpc) is 2.44. The fraction of sp³-hybridized carbons (Fsp3) is 0.417. The van der Waals surface area contributed by atoms with Crippen LogP contribution in [0.25, 0.3) is 0 Å². The summed E-state index contributed by atoms with van der Waals surface area (Å²) in [6, 6.07) is 1.23. The van der Waals surface area contributed by atoms with Crippen molar-refractivity contribution in [1.82, 2.24) is 15.2 Å². The van der Waals surface area contributed by atoms with Gasteiger partial charge in [0, 0.05) is 26.8 Å². The summed E-state index contributed by atoms with van der Waals surface area (Å²) in [5.41, 5.74) is -0.699. The summed E-state index contributed by atoms with van der Waals surface area (Å²) in [6.45, 7) is 1.77. The summed E-state index contributed by atoms with van der Waals surface area (Å²) in [5, 5.41) is 13.1. The lowest BCUT2D eigenvalue weighted by atomic mass is 10.1. The number of carbonyl (C=O) groups excluding carboxylic acids is 2. The maximum Gasteiger partial charge on any atom is 0.319 e. The summed E-state index contributed by atoms with van der Waals surface area (Å²) in [4.78, 5) is 38.8. The molecule has 1 N–H and O–H groups in total. The first kappa shape index (κ1) is 16.8. The van der Waals surface area contributed by atoms with Crippen molar-refractivity contribution < 1.29 is 14.5 Å². The maximum absolute atomic E-state index is 12.3. The first-order chi connectivity index (χ1) is 9.79. The van der Waals surface area contributed by atoms with Crippen LogP contribution in [0.4, 0.5) is 5.69 Å². The topological polar surface area (TPSA) is 105 Å². The standard InChI is InChI=1S/C12H15ClN4O4/c1-7(11(18)14-2)6-16(3)12(19)8-4-5-15-10(13)9(8)17(20)21/h4-5,7H,6H2,1-3H3,(H,14,18). The molecule has 0 aliphatic carbocycles. The SMILES string of the molecule is CNC(=O)C(C)CN(C)C(=O)c1ccnc(Cl)c1[N+](=O)[O-]. The van der Waals surface area contributed by atoms with Gasteiger partial charge in [0.05, 0.1) is 10.8 Å². The van der Waals surface area contributed by atoms with E-state index in [1.165, 1.54) is 31.3 Å². The van der Waals surface area contributed by atoms with Crippen molar-refractivity contribution in [3.63, 3.8) is 0 Å². The molecule has 0 aliphatic heterocycles. The Bertz CT molecular complexity index is 578. The number of nitrogens with zero attached hydrogens (tertiary/aromatic N) is 3. The highest BCUT2D eigenvalue weighted by Gasteiger charge is 2.28. The molecule has 0 spiro atoms. The van der Waals surface area contributed by atoms with Gasteiger partial charge in [-0.2, -0.15) is 0 Å². The molecule has 2 amide bonds. The highest BCUT2D eigenvalue weighted by Crippen LogP contribution is 2.26. The number of nitrogens with one attached hydrogen (secondary N) is 1. The number of pyridine rings is 1. The summed E-state index contributed by atoms with van der Waals surface area (Å²) < 4.78 is 0.